The summed E-state index contributed by atoms with van der Waals surface area (Å²) in [6.45, 7) is 3.81. The van der Waals surface area contributed by atoms with Gasteiger partial charge < -0.3 is 10.1 Å². The van der Waals surface area contributed by atoms with E-state index < -0.39 is 15.9 Å². The van der Waals surface area contributed by atoms with E-state index in [-0.39, 0.29) is 11.4 Å². The molecule has 6 nitrogen and oxygen atoms in total. The van der Waals surface area contributed by atoms with Gasteiger partial charge in [-0.3, -0.25) is 4.79 Å². The number of hydrogen-bond acceptors (Lipinski definition) is 4. The Morgan fingerprint density at radius 1 is 1.08 bits per heavy atom. The van der Waals surface area contributed by atoms with Crippen LogP contribution in [0.15, 0.2) is 53.4 Å². The van der Waals surface area contributed by atoms with Crippen LogP contribution in [0.2, 0.25) is 0 Å². The van der Waals surface area contributed by atoms with Crippen LogP contribution in [0.5, 0.6) is 5.75 Å². The first-order chi connectivity index (χ1) is 11.4. The highest BCUT2D eigenvalue weighted by molar-refractivity contribution is 7.89. The molecule has 0 fully saturated rings. The number of benzene rings is 2. The summed E-state index contributed by atoms with van der Waals surface area (Å²) < 4.78 is 32.1. The van der Waals surface area contributed by atoms with Crippen LogP contribution in [-0.4, -0.2) is 27.5 Å². The Morgan fingerprint density at radius 3 is 2.38 bits per heavy atom. The minimum Gasteiger partial charge on any atom is -0.494 e. The fraction of sp³-hybridized carbons (Fsp3) is 0.235. The van der Waals surface area contributed by atoms with Crippen molar-refractivity contribution in [2.45, 2.75) is 18.7 Å². The number of rotatable bonds is 7. The van der Waals surface area contributed by atoms with Crippen LogP contribution in [0.3, 0.4) is 0 Å². The largest absolute Gasteiger partial charge is 0.494 e. The lowest BCUT2D eigenvalue weighted by Gasteiger charge is -2.10. The van der Waals surface area contributed by atoms with E-state index in [0.29, 0.717) is 23.6 Å². The highest BCUT2D eigenvalue weighted by Gasteiger charge is 2.17. The highest BCUT2D eigenvalue weighted by Crippen LogP contribution is 2.16. The zero-order valence-corrected chi connectivity index (χ0v) is 14.4. The Hall–Kier alpha value is -2.38. The van der Waals surface area contributed by atoms with Crippen LogP contribution in [0.4, 0.5) is 5.69 Å². The molecule has 7 heteroatoms. The van der Waals surface area contributed by atoms with Gasteiger partial charge in [-0.15, -0.1) is 0 Å². The Labute approximate surface area is 141 Å². The van der Waals surface area contributed by atoms with Gasteiger partial charge in [-0.05, 0) is 49.7 Å². The molecular weight excluding hydrogens is 328 g/mol. The first-order valence-electron chi connectivity index (χ1n) is 7.50. The predicted molar refractivity (Wildman–Crippen MR) is 92.6 cm³/mol. The van der Waals surface area contributed by atoms with E-state index in [9.17, 15) is 13.2 Å². The van der Waals surface area contributed by atoms with Gasteiger partial charge in [-0.25, -0.2) is 13.1 Å². The molecule has 2 rings (SSSR count). The summed E-state index contributed by atoms with van der Waals surface area (Å²) in [4.78, 5) is 12.1. The molecule has 0 spiro atoms. The maximum absolute atomic E-state index is 12.2. The van der Waals surface area contributed by atoms with Crippen molar-refractivity contribution in [2.24, 2.45) is 0 Å². The molecule has 0 radical (unpaired) electrons. The van der Waals surface area contributed by atoms with Gasteiger partial charge in [0.25, 0.3) is 0 Å². The summed E-state index contributed by atoms with van der Waals surface area (Å²) in [6, 6.07) is 13.5. The molecule has 24 heavy (non-hydrogen) atoms. The molecule has 0 aromatic heterocycles. The lowest BCUT2D eigenvalue weighted by atomic mass is 10.2. The van der Waals surface area contributed by atoms with Gasteiger partial charge in [-0.1, -0.05) is 18.2 Å². The quantitative estimate of drug-likeness (QED) is 0.804. The molecule has 0 saturated carbocycles. The monoisotopic (exact) mass is 348 g/mol. The molecule has 0 saturated heterocycles. The number of hydrogen-bond donors (Lipinski definition) is 2. The van der Waals surface area contributed by atoms with Gasteiger partial charge >= 0.3 is 0 Å². The van der Waals surface area contributed by atoms with E-state index >= 15 is 0 Å². The molecule has 0 aliphatic heterocycles. The smallest absolute Gasteiger partial charge is 0.241 e. The zero-order valence-electron chi connectivity index (χ0n) is 13.6. The Bertz CT molecular complexity index is 802. The highest BCUT2D eigenvalue weighted by atomic mass is 32.2. The number of sulfonamides is 1. The van der Waals surface area contributed by atoms with Gasteiger partial charge in [-0.2, -0.15) is 0 Å². The molecule has 0 unspecified atom stereocenters. The number of aryl methyl sites for hydroxylation is 1. The molecule has 2 aromatic carbocycles. The molecule has 0 atom stereocenters. The number of amides is 1. The topological polar surface area (TPSA) is 84.5 Å². The molecule has 2 N–H and O–H groups in total. The van der Waals surface area contributed by atoms with Crippen LogP contribution in [0, 0.1) is 6.92 Å². The average molecular weight is 348 g/mol. The summed E-state index contributed by atoms with van der Waals surface area (Å²) in [7, 11) is -3.72. The predicted octanol–water partition coefficient (Wildman–Crippen LogP) is 2.31. The maximum Gasteiger partial charge on any atom is 0.241 e. The molecule has 128 valence electrons. The molecular formula is C17H20N2O4S. The fourth-order valence-electron chi connectivity index (χ4n) is 2.10. The normalized spacial score (nSPS) is 11.1. The van der Waals surface area contributed by atoms with Crippen LogP contribution >= 0.6 is 0 Å². The zero-order chi connectivity index (χ0) is 17.6. The first-order valence-corrected chi connectivity index (χ1v) is 8.98. The number of carbonyl (C=O) groups excluding carboxylic acids is 1. The Kier molecular flexibility index (Phi) is 5.94. The van der Waals surface area contributed by atoms with Crippen LogP contribution in [0.25, 0.3) is 0 Å². The second-order valence-electron chi connectivity index (χ2n) is 5.10. The van der Waals surface area contributed by atoms with E-state index in [0.717, 1.165) is 0 Å². The van der Waals surface area contributed by atoms with Crippen LogP contribution in [-0.2, 0) is 14.8 Å². The third kappa shape index (κ3) is 4.81. The standard InChI is InChI=1S/C17H20N2O4S/c1-3-23-15-10-8-14(9-11-15)19-17(20)12-18-24(21,22)16-7-5-4-6-13(16)2/h4-11,18H,3,12H2,1-2H3,(H,19,20). The van der Waals surface area contributed by atoms with E-state index in [2.05, 4.69) is 10.0 Å². The van der Waals surface area contributed by atoms with Crippen molar-refractivity contribution in [1.82, 2.24) is 4.72 Å². The van der Waals surface area contributed by atoms with Crippen LogP contribution < -0.4 is 14.8 Å². The van der Waals surface area contributed by atoms with Crippen LogP contribution in [0.1, 0.15) is 12.5 Å². The van der Waals surface area contributed by atoms with E-state index in [1.807, 2.05) is 6.92 Å². The van der Waals surface area contributed by atoms with Crippen molar-refractivity contribution in [1.29, 1.82) is 0 Å². The van der Waals surface area contributed by atoms with Gasteiger partial charge in [0.05, 0.1) is 18.0 Å². The molecule has 0 bridgehead atoms. The number of ether oxygens (including phenoxy) is 1. The second-order valence-corrected chi connectivity index (χ2v) is 6.83. The number of anilines is 1. The minimum absolute atomic E-state index is 0.166. The van der Waals surface area contributed by atoms with Gasteiger partial charge in [0.1, 0.15) is 5.75 Å². The summed E-state index contributed by atoms with van der Waals surface area (Å²) in [5, 5.41) is 2.63. The summed E-state index contributed by atoms with van der Waals surface area (Å²) in [5.74, 6) is 0.257. The summed E-state index contributed by atoms with van der Waals surface area (Å²) >= 11 is 0. The second kappa shape index (κ2) is 7.94. The van der Waals surface area contributed by atoms with Gasteiger partial charge in [0, 0.05) is 5.69 Å². The van der Waals surface area contributed by atoms with Gasteiger partial charge in [0.15, 0.2) is 0 Å². The van der Waals surface area contributed by atoms with Crippen molar-refractivity contribution >= 4 is 21.6 Å². The number of nitrogens with one attached hydrogen (secondary N) is 2. The van der Waals surface area contributed by atoms with Crippen molar-refractivity contribution in [3.63, 3.8) is 0 Å². The first kappa shape index (κ1) is 18.0. The Balaban J connectivity index is 1.94. The van der Waals surface area contributed by atoms with Crippen molar-refractivity contribution in [3.8, 4) is 5.75 Å². The van der Waals surface area contributed by atoms with Crippen molar-refractivity contribution in [3.05, 3.63) is 54.1 Å². The fourth-order valence-corrected chi connectivity index (χ4v) is 3.33. The molecule has 0 aliphatic rings. The lowest BCUT2D eigenvalue weighted by Crippen LogP contribution is -2.33. The van der Waals surface area contributed by atoms with Gasteiger partial charge in [0.2, 0.25) is 15.9 Å². The SMILES string of the molecule is CCOc1ccc(NC(=O)CNS(=O)(=O)c2ccccc2C)cc1. The third-order valence-electron chi connectivity index (χ3n) is 3.25. The maximum atomic E-state index is 12.2. The number of carbonyl (C=O) groups is 1. The molecule has 0 heterocycles. The molecule has 0 aliphatic carbocycles. The Morgan fingerprint density at radius 2 is 1.75 bits per heavy atom. The van der Waals surface area contributed by atoms with Crippen molar-refractivity contribution < 1.29 is 17.9 Å². The van der Waals surface area contributed by atoms with E-state index in [1.165, 1.54) is 6.07 Å². The summed E-state index contributed by atoms with van der Waals surface area (Å²) in [6.07, 6.45) is 0. The molecule has 2 aromatic rings. The molecule has 1 amide bonds. The lowest BCUT2D eigenvalue weighted by molar-refractivity contribution is -0.115. The third-order valence-corrected chi connectivity index (χ3v) is 4.82. The van der Waals surface area contributed by atoms with Crippen molar-refractivity contribution in [2.75, 3.05) is 18.5 Å². The van der Waals surface area contributed by atoms with E-state index in [4.69, 9.17) is 4.74 Å². The minimum atomic E-state index is -3.72. The summed E-state index contributed by atoms with van der Waals surface area (Å²) in [5.41, 5.74) is 1.19. The average Bonchev–Trinajstić information content (AvgIpc) is 2.55. The van der Waals surface area contributed by atoms with E-state index in [1.54, 1.807) is 49.4 Å².